The topological polar surface area (TPSA) is 70.8 Å². The maximum absolute atomic E-state index is 11.8. The maximum atomic E-state index is 11.8. The van der Waals surface area contributed by atoms with Gasteiger partial charge in [0, 0.05) is 33.7 Å². The summed E-state index contributed by atoms with van der Waals surface area (Å²) >= 11 is 0. The molecule has 0 unspecified atom stereocenters. The monoisotopic (exact) mass is 386 g/mol. The lowest BCUT2D eigenvalue weighted by Crippen LogP contribution is -2.33. The van der Waals surface area contributed by atoms with Crippen molar-refractivity contribution in [3.63, 3.8) is 0 Å². The highest BCUT2D eigenvalue weighted by Crippen LogP contribution is 2.23. The highest BCUT2D eigenvalue weighted by Gasteiger charge is 2.23. The molecule has 2 heterocycles. The Balaban J connectivity index is 1.63. The molecule has 1 aliphatic rings. The number of rotatable bonds is 7. The van der Waals surface area contributed by atoms with Crippen LogP contribution >= 0.6 is 0 Å². The minimum absolute atomic E-state index is 0.0514. The molecule has 1 atom stereocenters. The summed E-state index contributed by atoms with van der Waals surface area (Å²) in [7, 11) is 3.37. The van der Waals surface area contributed by atoms with Gasteiger partial charge in [-0.2, -0.15) is 5.10 Å². The number of ether oxygens (including phenoxy) is 1. The van der Waals surface area contributed by atoms with Crippen LogP contribution in [0.2, 0.25) is 0 Å². The van der Waals surface area contributed by atoms with E-state index in [-0.39, 0.29) is 18.4 Å². The fourth-order valence-corrected chi connectivity index (χ4v) is 3.34. The lowest BCUT2D eigenvalue weighted by atomic mass is 10.1. The van der Waals surface area contributed by atoms with Gasteiger partial charge in [0.1, 0.15) is 11.9 Å². The summed E-state index contributed by atoms with van der Waals surface area (Å²) in [4.78, 5) is 15.7. The van der Waals surface area contributed by atoms with Crippen molar-refractivity contribution < 1.29 is 14.6 Å². The number of carbonyl (C=O) groups excluding carboxylic acids is 1. The minimum Gasteiger partial charge on any atom is -0.491 e. The van der Waals surface area contributed by atoms with Gasteiger partial charge >= 0.3 is 0 Å². The van der Waals surface area contributed by atoms with Crippen molar-refractivity contribution in [2.45, 2.75) is 52.1 Å². The highest BCUT2D eigenvalue weighted by atomic mass is 16.5. The third-order valence-electron chi connectivity index (χ3n) is 4.78. The highest BCUT2D eigenvalue weighted by molar-refractivity contribution is 5.76. The summed E-state index contributed by atoms with van der Waals surface area (Å²) in [6.45, 7) is 7.29. The molecule has 0 bridgehead atoms. The average molecular weight is 386 g/mol. The first-order valence-corrected chi connectivity index (χ1v) is 9.74. The van der Waals surface area contributed by atoms with Crippen LogP contribution in [0.1, 0.15) is 43.3 Å². The average Bonchev–Trinajstić information content (AvgIpc) is 3.04. The molecule has 2 aromatic rings. The van der Waals surface area contributed by atoms with Gasteiger partial charge in [-0.15, -0.1) is 0 Å². The van der Waals surface area contributed by atoms with E-state index in [1.165, 1.54) is 10.5 Å². The Morgan fingerprint density at radius 3 is 2.79 bits per heavy atom. The third-order valence-corrected chi connectivity index (χ3v) is 4.78. The number of carbonyl (C=O) groups is 1. The number of aliphatic hydroxyl groups excluding tert-OH is 1. The second kappa shape index (κ2) is 8.75. The van der Waals surface area contributed by atoms with Crippen LogP contribution in [0.5, 0.6) is 5.75 Å². The van der Waals surface area contributed by atoms with Crippen LogP contribution in [0.4, 0.5) is 0 Å². The third kappa shape index (κ3) is 5.11. The Hall–Kier alpha value is -2.38. The van der Waals surface area contributed by atoms with Gasteiger partial charge in [-0.3, -0.25) is 14.4 Å². The van der Waals surface area contributed by atoms with E-state index >= 15 is 0 Å². The van der Waals surface area contributed by atoms with Crippen molar-refractivity contribution in [1.82, 2.24) is 19.6 Å². The van der Waals surface area contributed by atoms with Gasteiger partial charge in [0.05, 0.1) is 30.5 Å². The smallest absolute Gasteiger partial charge is 0.225 e. The Morgan fingerprint density at radius 2 is 2.07 bits per heavy atom. The second-order valence-electron chi connectivity index (χ2n) is 7.82. The molecule has 7 nitrogen and oxygen atoms in total. The molecule has 3 rings (SSSR count). The standard InChI is InChI=1S/C21H30N4O3/c1-15(2)28-18-7-5-6-16(10-18)13-24-8-9-25-17(14-24)11-19(22-25)20(26)12-21(27)23(3)4/h5-7,10-11,15,20,26H,8-9,12-14H2,1-4H3/t20-/m1/s1. The molecule has 7 heteroatoms. The number of aromatic nitrogens is 2. The molecule has 1 aliphatic heterocycles. The van der Waals surface area contributed by atoms with Crippen LogP contribution < -0.4 is 4.74 Å². The SMILES string of the molecule is CC(C)Oc1cccc(CN2CCn3nc([C@H](O)CC(=O)N(C)C)cc3C2)c1. The summed E-state index contributed by atoms with van der Waals surface area (Å²) in [5, 5.41) is 14.8. The van der Waals surface area contributed by atoms with Crippen molar-refractivity contribution in [1.29, 1.82) is 0 Å². The summed E-state index contributed by atoms with van der Waals surface area (Å²) in [5.74, 6) is 0.786. The molecule has 0 saturated carbocycles. The van der Waals surface area contributed by atoms with Crippen molar-refractivity contribution in [2.24, 2.45) is 0 Å². The molecule has 0 fully saturated rings. The van der Waals surface area contributed by atoms with Gasteiger partial charge in [-0.1, -0.05) is 12.1 Å². The fraction of sp³-hybridized carbons (Fsp3) is 0.524. The molecule has 0 radical (unpaired) electrons. The van der Waals surface area contributed by atoms with Gasteiger partial charge in [0.25, 0.3) is 0 Å². The van der Waals surface area contributed by atoms with Crippen LogP contribution in [0, 0.1) is 0 Å². The number of nitrogens with zero attached hydrogens (tertiary/aromatic N) is 4. The normalized spacial score (nSPS) is 15.4. The molecule has 0 spiro atoms. The quantitative estimate of drug-likeness (QED) is 0.790. The molecule has 0 aliphatic carbocycles. The Kier molecular flexibility index (Phi) is 6.36. The number of benzene rings is 1. The zero-order valence-corrected chi connectivity index (χ0v) is 17.1. The van der Waals surface area contributed by atoms with E-state index in [1.54, 1.807) is 14.1 Å². The molecule has 1 N–H and O–H groups in total. The van der Waals surface area contributed by atoms with Gasteiger partial charge in [0.15, 0.2) is 0 Å². The first kappa shape index (κ1) is 20.4. The number of hydrogen-bond acceptors (Lipinski definition) is 5. The maximum Gasteiger partial charge on any atom is 0.225 e. The molecule has 0 saturated heterocycles. The van der Waals surface area contributed by atoms with Crippen molar-refractivity contribution in [3.8, 4) is 5.75 Å². The van der Waals surface area contributed by atoms with E-state index in [9.17, 15) is 9.90 Å². The molecular weight excluding hydrogens is 356 g/mol. The van der Waals surface area contributed by atoms with Crippen LogP contribution in [0.3, 0.4) is 0 Å². The molecule has 152 valence electrons. The predicted molar refractivity (Wildman–Crippen MR) is 107 cm³/mol. The van der Waals surface area contributed by atoms with Crippen molar-refractivity contribution in [2.75, 3.05) is 20.6 Å². The minimum atomic E-state index is -0.869. The molecule has 1 aromatic carbocycles. The largest absolute Gasteiger partial charge is 0.491 e. The van der Waals surface area contributed by atoms with Crippen LogP contribution in [0.25, 0.3) is 0 Å². The van der Waals surface area contributed by atoms with E-state index in [0.29, 0.717) is 5.69 Å². The summed E-state index contributed by atoms with van der Waals surface area (Å²) in [6.07, 6.45) is -0.661. The van der Waals surface area contributed by atoms with E-state index in [1.807, 2.05) is 36.7 Å². The van der Waals surface area contributed by atoms with Crippen LogP contribution in [-0.2, 0) is 24.4 Å². The van der Waals surface area contributed by atoms with E-state index in [0.717, 1.165) is 37.6 Å². The van der Waals surface area contributed by atoms with Gasteiger partial charge in [-0.05, 0) is 37.6 Å². The van der Waals surface area contributed by atoms with Crippen molar-refractivity contribution in [3.05, 3.63) is 47.3 Å². The summed E-state index contributed by atoms with van der Waals surface area (Å²) in [5.41, 5.74) is 2.84. The van der Waals surface area contributed by atoms with Crippen molar-refractivity contribution >= 4 is 5.91 Å². The first-order valence-electron chi connectivity index (χ1n) is 9.74. The van der Waals surface area contributed by atoms with E-state index in [2.05, 4.69) is 22.1 Å². The predicted octanol–water partition coefficient (Wildman–Crippen LogP) is 2.20. The van der Waals surface area contributed by atoms with E-state index < -0.39 is 6.10 Å². The summed E-state index contributed by atoms with van der Waals surface area (Å²) < 4.78 is 7.72. The molecule has 1 aromatic heterocycles. The second-order valence-corrected chi connectivity index (χ2v) is 7.82. The van der Waals surface area contributed by atoms with Gasteiger partial charge in [0.2, 0.25) is 5.91 Å². The molecular formula is C21H30N4O3. The summed E-state index contributed by atoms with van der Waals surface area (Å²) in [6, 6.07) is 10.1. The fourth-order valence-electron chi connectivity index (χ4n) is 3.34. The number of hydrogen-bond donors (Lipinski definition) is 1. The lowest BCUT2D eigenvalue weighted by Gasteiger charge is -2.27. The number of amides is 1. The van der Waals surface area contributed by atoms with Crippen LogP contribution in [0.15, 0.2) is 30.3 Å². The lowest BCUT2D eigenvalue weighted by molar-refractivity contribution is -0.130. The van der Waals surface area contributed by atoms with Gasteiger partial charge in [-0.25, -0.2) is 0 Å². The molecule has 1 amide bonds. The zero-order valence-electron chi connectivity index (χ0n) is 17.1. The van der Waals surface area contributed by atoms with Crippen LogP contribution in [-0.4, -0.2) is 57.3 Å². The Labute approximate surface area is 166 Å². The Bertz CT molecular complexity index is 816. The number of fused-ring (bicyclic) bond motifs is 1. The zero-order chi connectivity index (χ0) is 20.3. The Morgan fingerprint density at radius 1 is 1.29 bits per heavy atom. The number of aliphatic hydroxyl groups is 1. The van der Waals surface area contributed by atoms with E-state index in [4.69, 9.17) is 4.74 Å². The molecule has 28 heavy (non-hydrogen) atoms. The van der Waals surface area contributed by atoms with Gasteiger partial charge < -0.3 is 14.7 Å². The first-order chi connectivity index (χ1) is 13.3.